The van der Waals surface area contributed by atoms with Crippen molar-refractivity contribution >= 4 is 22.8 Å². The molecule has 0 bridgehead atoms. The predicted molar refractivity (Wildman–Crippen MR) is 124 cm³/mol. The van der Waals surface area contributed by atoms with Gasteiger partial charge in [-0.2, -0.15) is 0 Å². The topological polar surface area (TPSA) is 68.7 Å². The molecule has 0 atom stereocenters. The van der Waals surface area contributed by atoms with Crippen molar-refractivity contribution in [3.05, 3.63) is 59.7 Å². The zero-order chi connectivity index (χ0) is 22.7. The Labute approximate surface area is 188 Å². The van der Waals surface area contributed by atoms with Gasteiger partial charge in [0.1, 0.15) is 5.75 Å². The number of aryl methyl sites for hydroxylation is 1. The standard InChI is InChI=1S/C26H28N2O4/c1-4-32-26(30)18-10-12-28(13-11-18)25(29)22-16-24(19-6-5-7-20(15-19)31-3)27-23-9-8-17(2)14-21(22)23/h5-9,14-16,18H,4,10-13H2,1-3H3. The molecule has 6 nitrogen and oxygen atoms in total. The van der Waals surface area contributed by atoms with E-state index in [2.05, 4.69) is 0 Å². The molecule has 1 amide bonds. The van der Waals surface area contributed by atoms with Crippen molar-refractivity contribution in [3.63, 3.8) is 0 Å². The molecule has 3 aromatic rings. The number of ether oxygens (including phenoxy) is 2. The second kappa shape index (κ2) is 9.39. The summed E-state index contributed by atoms with van der Waals surface area (Å²) in [4.78, 5) is 32.3. The lowest BCUT2D eigenvalue weighted by molar-refractivity contribution is -0.149. The molecule has 0 aliphatic carbocycles. The van der Waals surface area contributed by atoms with Gasteiger partial charge in [-0.1, -0.05) is 23.8 Å². The van der Waals surface area contributed by atoms with Gasteiger partial charge >= 0.3 is 5.97 Å². The molecule has 0 unspecified atom stereocenters. The second-order valence-electron chi connectivity index (χ2n) is 8.13. The summed E-state index contributed by atoms with van der Waals surface area (Å²) in [5, 5.41) is 0.842. The van der Waals surface area contributed by atoms with E-state index in [9.17, 15) is 9.59 Å². The van der Waals surface area contributed by atoms with Gasteiger partial charge in [0.2, 0.25) is 0 Å². The second-order valence-corrected chi connectivity index (χ2v) is 8.13. The van der Waals surface area contributed by atoms with Crippen LogP contribution >= 0.6 is 0 Å². The van der Waals surface area contributed by atoms with Gasteiger partial charge in [0.05, 0.1) is 36.4 Å². The minimum absolute atomic E-state index is 0.0329. The number of nitrogens with zero attached hydrogens (tertiary/aromatic N) is 2. The maximum atomic E-state index is 13.6. The summed E-state index contributed by atoms with van der Waals surface area (Å²) in [7, 11) is 1.63. The molecule has 1 fully saturated rings. The van der Waals surface area contributed by atoms with Gasteiger partial charge < -0.3 is 14.4 Å². The van der Waals surface area contributed by atoms with E-state index >= 15 is 0 Å². The highest BCUT2D eigenvalue weighted by molar-refractivity contribution is 6.07. The van der Waals surface area contributed by atoms with E-state index in [1.165, 1.54) is 0 Å². The maximum Gasteiger partial charge on any atom is 0.309 e. The van der Waals surface area contributed by atoms with Crippen LogP contribution in [0.2, 0.25) is 0 Å². The van der Waals surface area contributed by atoms with Crippen LogP contribution < -0.4 is 4.74 Å². The molecule has 0 saturated carbocycles. The number of piperidine rings is 1. The molecule has 4 rings (SSSR count). The molecule has 2 heterocycles. The van der Waals surface area contributed by atoms with Crippen molar-refractivity contribution < 1.29 is 19.1 Å². The van der Waals surface area contributed by atoms with Crippen LogP contribution in [0.1, 0.15) is 35.7 Å². The highest BCUT2D eigenvalue weighted by Crippen LogP contribution is 2.29. The van der Waals surface area contributed by atoms with Gasteiger partial charge in [-0.3, -0.25) is 9.59 Å². The lowest BCUT2D eigenvalue weighted by atomic mass is 9.95. The Morgan fingerprint density at radius 1 is 1.09 bits per heavy atom. The van der Waals surface area contributed by atoms with E-state index in [0.717, 1.165) is 33.5 Å². The van der Waals surface area contributed by atoms with Crippen molar-refractivity contribution in [2.24, 2.45) is 5.92 Å². The average Bonchev–Trinajstić information content (AvgIpc) is 2.83. The number of pyridine rings is 1. The third-order valence-electron chi connectivity index (χ3n) is 5.96. The summed E-state index contributed by atoms with van der Waals surface area (Å²) in [5.74, 6) is 0.407. The minimum atomic E-state index is -0.162. The van der Waals surface area contributed by atoms with Gasteiger partial charge in [-0.05, 0) is 57.0 Å². The number of rotatable bonds is 5. The lowest BCUT2D eigenvalue weighted by Gasteiger charge is -2.31. The van der Waals surface area contributed by atoms with E-state index in [-0.39, 0.29) is 17.8 Å². The van der Waals surface area contributed by atoms with Crippen LogP contribution in [0.3, 0.4) is 0 Å². The minimum Gasteiger partial charge on any atom is -0.497 e. The first-order valence-electron chi connectivity index (χ1n) is 11.0. The highest BCUT2D eigenvalue weighted by Gasteiger charge is 2.29. The fourth-order valence-electron chi connectivity index (χ4n) is 4.20. The molecule has 2 aromatic carbocycles. The van der Waals surface area contributed by atoms with Crippen LogP contribution in [0.5, 0.6) is 5.75 Å². The summed E-state index contributed by atoms with van der Waals surface area (Å²) >= 11 is 0. The number of hydrogen-bond donors (Lipinski definition) is 0. The van der Waals surface area contributed by atoms with Crippen molar-refractivity contribution in [1.82, 2.24) is 9.88 Å². The number of amides is 1. The summed E-state index contributed by atoms with van der Waals surface area (Å²) in [5.41, 5.74) is 4.10. The van der Waals surface area contributed by atoms with Crippen LogP contribution in [0.25, 0.3) is 22.2 Å². The number of carbonyl (C=O) groups is 2. The quantitative estimate of drug-likeness (QED) is 0.550. The Morgan fingerprint density at radius 2 is 1.88 bits per heavy atom. The molecule has 1 aliphatic heterocycles. The third-order valence-corrected chi connectivity index (χ3v) is 5.96. The fraction of sp³-hybridized carbons (Fsp3) is 0.346. The number of hydrogen-bond acceptors (Lipinski definition) is 5. The third kappa shape index (κ3) is 4.44. The summed E-state index contributed by atoms with van der Waals surface area (Å²) in [6, 6.07) is 15.5. The van der Waals surface area contributed by atoms with E-state index < -0.39 is 0 Å². The Bertz CT molecular complexity index is 1150. The number of esters is 1. The van der Waals surface area contributed by atoms with Crippen molar-refractivity contribution in [2.75, 3.05) is 26.8 Å². The molecule has 0 spiro atoms. The Balaban J connectivity index is 1.68. The molecule has 0 N–H and O–H groups in total. The summed E-state index contributed by atoms with van der Waals surface area (Å²) in [6.45, 7) is 5.27. The van der Waals surface area contributed by atoms with Gasteiger partial charge in [-0.15, -0.1) is 0 Å². The highest BCUT2D eigenvalue weighted by atomic mass is 16.5. The smallest absolute Gasteiger partial charge is 0.309 e. The maximum absolute atomic E-state index is 13.6. The summed E-state index contributed by atoms with van der Waals surface area (Å²) < 4.78 is 10.5. The monoisotopic (exact) mass is 432 g/mol. The zero-order valence-corrected chi connectivity index (χ0v) is 18.8. The van der Waals surface area contributed by atoms with Crippen LogP contribution in [-0.4, -0.2) is 48.6 Å². The van der Waals surface area contributed by atoms with Gasteiger partial charge in [0.25, 0.3) is 5.91 Å². The first-order valence-corrected chi connectivity index (χ1v) is 11.0. The SMILES string of the molecule is CCOC(=O)C1CCN(C(=O)c2cc(-c3cccc(OC)c3)nc3ccc(C)cc23)CC1. The number of benzene rings is 2. The zero-order valence-electron chi connectivity index (χ0n) is 18.8. The predicted octanol–water partition coefficient (Wildman–Crippen LogP) is 4.63. The first kappa shape index (κ1) is 21.8. The van der Waals surface area contributed by atoms with Crippen LogP contribution in [0.4, 0.5) is 0 Å². The van der Waals surface area contributed by atoms with Crippen LogP contribution in [0.15, 0.2) is 48.5 Å². The number of fused-ring (bicyclic) bond motifs is 1. The lowest BCUT2D eigenvalue weighted by Crippen LogP contribution is -2.40. The molecule has 1 aromatic heterocycles. The van der Waals surface area contributed by atoms with E-state index in [1.54, 1.807) is 7.11 Å². The molecule has 0 radical (unpaired) electrons. The van der Waals surface area contributed by atoms with E-state index in [1.807, 2.05) is 67.3 Å². The van der Waals surface area contributed by atoms with E-state index in [4.69, 9.17) is 14.5 Å². The van der Waals surface area contributed by atoms with Crippen molar-refractivity contribution in [2.45, 2.75) is 26.7 Å². The van der Waals surface area contributed by atoms with Crippen molar-refractivity contribution in [1.29, 1.82) is 0 Å². The number of likely N-dealkylation sites (tertiary alicyclic amines) is 1. The Hall–Kier alpha value is -3.41. The molecular weight excluding hydrogens is 404 g/mol. The molecule has 1 aliphatic rings. The normalized spacial score (nSPS) is 14.4. The van der Waals surface area contributed by atoms with Crippen LogP contribution in [-0.2, 0) is 9.53 Å². The van der Waals surface area contributed by atoms with Crippen LogP contribution in [0, 0.1) is 12.8 Å². The largest absolute Gasteiger partial charge is 0.497 e. The van der Waals surface area contributed by atoms with E-state index in [0.29, 0.717) is 38.1 Å². The molecular formula is C26H28N2O4. The molecule has 1 saturated heterocycles. The Morgan fingerprint density at radius 3 is 2.59 bits per heavy atom. The van der Waals surface area contributed by atoms with Gasteiger partial charge in [0, 0.05) is 24.0 Å². The fourth-order valence-corrected chi connectivity index (χ4v) is 4.20. The average molecular weight is 433 g/mol. The molecule has 166 valence electrons. The van der Waals surface area contributed by atoms with Gasteiger partial charge in [-0.25, -0.2) is 4.98 Å². The Kier molecular flexibility index (Phi) is 6.40. The summed E-state index contributed by atoms with van der Waals surface area (Å²) in [6.07, 6.45) is 1.24. The van der Waals surface area contributed by atoms with Crippen molar-refractivity contribution in [3.8, 4) is 17.0 Å². The number of methoxy groups -OCH3 is 1. The van der Waals surface area contributed by atoms with Gasteiger partial charge in [0.15, 0.2) is 0 Å². The number of aromatic nitrogens is 1. The molecule has 6 heteroatoms. The number of carbonyl (C=O) groups excluding carboxylic acids is 2. The first-order chi connectivity index (χ1) is 15.5. The molecule has 32 heavy (non-hydrogen) atoms.